The van der Waals surface area contributed by atoms with Crippen molar-refractivity contribution < 1.29 is 20.1 Å². The molecule has 0 aromatic carbocycles. The van der Waals surface area contributed by atoms with E-state index in [1.807, 2.05) is 33.9 Å². The van der Waals surface area contributed by atoms with Gasteiger partial charge in [0.05, 0.1) is 21.0 Å². The van der Waals surface area contributed by atoms with E-state index in [0.29, 0.717) is 0 Å². The minimum Gasteiger partial charge on any atom is -0.394 e. The van der Waals surface area contributed by atoms with Crippen molar-refractivity contribution in [1.82, 2.24) is 19.5 Å². The molecule has 6 N–H and O–H groups in total. The standard InChI is InChI=1S/C16H27N5O5Si/c1-15(2,3)27(4,5)16(25)8(6-22)26-13(10(16)23)21-7-18-9-11(21)19-14(17)20-12(9)24/h7-8,10,13,22-23,25H,6H2,1-5H3,(H3,17,19,20,24)/t8-,10+,13-,16+/m1/s1. The highest BCUT2D eigenvalue weighted by molar-refractivity contribution is 6.83. The van der Waals surface area contributed by atoms with Crippen LogP contribution in [-0.4, -0.2) is 67.0 Å². The Balaban J connectivity index is 2.15. The maximum atomic E-state index is 12.0. The number of hydrogen-bond acceptors (Lipinski definition) is 8. The third kappa shape index (κ3) is 2.64. The van der Waals surface area contributed by atoms with Gasteiger partial charge in [0.15, 0.2) is 17.4 Å². The largest absolute Gasteiger partial charge is 0.394 e. The van der Waals surface area contributed by atoms with Gasteiger partial charge in [-0.25, -0.2) is 4.98 Å². The quantitative estimate of drug-likeness (QED) is 0.443. The average Bonchev–Trinajstić information content (AvgIpc) is 3.07. The van der Waals surface area contributed by atoms with Crippen LogP contribution in [0.4, 0.5) is 5.95 Å². The Labute approximate surface area is 157 Å². The molecule has 2 aromatic heterocycles. The van der Waals surface area contributed by atoms with E-state index >= 15 is 0 Å². The molecule has 1 saturated heterocycles. The van der Waals surface area contributed by atoms with Gasteiger partial charge in [0.25, 0.3) is 5.56 Å². The highest BCUT2D eigenvalue weighted by Crippen LogP contribution is 2.51. The number of nitrogens with one attached hydrogen (secondary N) is 1. The lowest BCUT2D eigenvalue weighted by atomic mass is 10.1. The normalized spacial score (nSPS) is 29.6. The number of H-pyrrole nitrogens is 1. The first kappa shape index (κ1) is 20.0. The lowest BCUT2D eigenvalue weighted by molar-refractivity contribution is -0.0576. The van der Waals surface area contributed by atoms with Crippen molar-refractivity contribution in [2.75, 3.05) is 12.3 Å². The highest BCUT2D eigenvalue weighted by Gasteiger charge is 2.66. The van der Waals surface area contributed by atoms with Gasteiger partial charge < -0.3 is 25.8 Å². The van der Waals surface area contributed by atoms with E-state index < -0.39 is 43.9 Å². The van der Waals surface area contributed by atoms with Crippen molar-refractivity contribution in [3.8, 4) is 0 Å². The molecule has 1 aliphatic heterocycles. The summed E-state index contributed by atoms with van der Waals surface area (Å²) in [5.74, 6) is -0.0971. The van der Waals surface area contributed by atoms with E-state index in [4.69, 9.17) is 10.5 Å². The summed E-state index contributed by atoms with van der Waals surface area (Å²) < 4.78 is 7.24. The van der Waals surface area contributed by atoms with Crippen LogP contribution in [0, 0.1) is 0 Å². The van der Waals surface area contributed by atoms with Crippen molar-refractivity contribution >= 4 is 25.2 Å². The molecular weight excluding hydrogens is 370 g/mol. The number of aromatic nitrogens is 4. The summed E-state index contributed by atoms with van der Waals surface area (Å²) in [7, 11) is -2.61. The topological polar surface area (TPSA) is 160 Å². The van der Waals surface area contributed by atoms with Crippen molar-refractivity contribution in [2.45, 2.75) is 62.6 Å². The fraction of sp³-hybridized carbons (Fsp3) is 0.688. The number of anilines is 1. The number of aromatic amines is 1. The summed E-state index contributed by atoms with van der Waals surface area (Å²) in [5.41, 5.74) is 5.29. The predicted octanol–water partition coefficient (Wildman–Crippen LogP) is -0.269. The van der Waals surface area contributed by atoms with Crippen LogP contribution in [0.15, 0.2) is 11.1 Å². The number of rotatable bonds is 3. The van der Waals surface area contributed by atoms with E-state index in [1.165, 1.54) is 10.9 Å². The van der Waals surface area contributed by atoms with Crippen LogP contribution in [0.2, 0.25) is 18.1 Å². The fourth-order valence-corrected chi connectivity index (χ4v) is 6.70. The maximum absolute atomic E-state index is 12.0. The van der Waals surface area contributed by atoms with E-state index in [1.54, 1.807) is 0 Å². The van der Waals surface area contributed by atoms with Gasteiger partial charge in [0.1, 0.15) is 17.4 Å². The summed E-state index contributed by atoms with van der Waals surface area (Å²) in [6.07, 6.45) is -2.10. The van der Waals surface area contributed by atoms with Gasteiger partial charge in [-0.1, -0.05) is 33.9 Å². The van der Waals surface area contributed by atoms with Gasteiger partial charge in [-0.3, -0.25) is 14.3 Å². The lowest BCUT2D eigenvalue weighted by Crippen LogP contribution is -2.69. The van der Waals surface area contributed by atoms with E-state index in [0.717, 1.165) is 0 Å². The Morgan fingerprint density at radius 3 is 2.63 bits per heavy atom. The van der Waals surface area contributed by atoms with E-state index in [-0.39, 0.29) is 22.2 Å². The average molecular weight is 398 g/mol. The number of aliphatic hydroxyl groups is 3. The molecule has 0 spiro atoms. The Morgan fingerprint density at radius 2 is 2.07 bits per heavy atom. The first-order valence-corrected chi connectivity index (χ1v) is 11.8. The molecule has 0 radical (unpaired) electrons. The molecular formula is C16H27N5O5Si. The third-order valence-corrected chi connectivity index (χ3v) is 12.7. The second-order valence-corrected chi connectivity index (χ2v) is 14.2. The van der Waals surface area contributed by atoms with Gasteiger partial charge in [-0.2, -0.15) is 4.98 Å². The smallest absolute Gasteiger partial charge is 0.280 e. The molecule has 2 aromatic rings. The van der Waals surface area contributed by atoms with Crippen molar-refractivity contribution in [1.29, 1.82) is 0 Å². The Bertz CT molecular complexity index is 920. The zero-order valence-electron chi connectivity index (χ0n) is 16.1. The monoisotopic (exact) mass is 397 g/mol. The molecule has 1 fully saturated rings. The van der Waals surface area contributed by atoms with E-state index in [9.17, 15) is 20.1 Å². The summed E-state index contributed by atoms with van der Waals surface area (Å²) in [4.78, 5) is 22.5. The number of fused-ring (bicyclic) bond motifs is 1. The number of nitrogen functional groups attached to an aromatic ring is 1. The highest BCUT2D eigenvalue weighted by atomic mass is 28.3. The summed E-state index contributed by atoms with van der Waals surface area (Å²) >= 11 is 0. The summed E-state index contributed by atoms with van der Waals surface area (Å²) in [6, 6.07) is 0. The maximum Gasteiger partial charge on any atom is 0.280 e. The molecule has 3 heterocycles. The van der Waals surface area contributed by atoms with Crippen LogP contribution in [0.3, 0.4) is 0 Å². The molecule has 0 aliphatic carbocycles. The van der Waals surface area contributed by atoms with Gasteiger partial charge in [0.2, 0.25) is 5.95 Å². The zero-order chi connectivity index (χ0) is 20.4. The predicted molar refractivity (Wildman–Crippen MR) is 102 cm³/mol. The molecule has 4 atom stereocenters. The van der Waals surface area contributed by atoms with Crippen LogP contribution in [-0.2, 0) is 4.74 Å². The van der Waals surface area contributed by atoms with Crippen molar-refractivity contribution in [3.63, 3.8) is 0 Å². The second kappa shape index (κ2) is 6.11. The number of aliphatic hydroxyl groups excluding tert-OH is 2. The molecule has 0 saturated carbocycles. The molecule has 0 amide bonds. The van der Waals surface area contributed by atoms with Crippen LogP contribution in [0.5, 0.6) is 0 Å². The minimum atomic E-state index is -2.61. The fourth-order valence-electron chi connectivity index (χ4n) is 3.66. The SMILES string of the molecule is CC(C)(C)[Si](C)(C)[C@@]1(O)[C@@H](CO)O[C@@H](n2cnc3c(=O)[nH]c(N)nc32)[C@@H]1O. The molecule has 10 nitrogen and oxygen atoms in total. The second-order valence-electron chi connectivity index (χ2n) is 8.62. The molecule has 1 aliphatic rings. The molecule has 27 heavy (non-hydrogen) atoms. The molecule has 150 valence electrons. The van der Waals surface area contributed by atoms with Gasteiger partial charge in [0, 0.05) is 0 Å². The lowest BCUT2D eigenvalue weighted by Gasteiger charge is -2.50. The summed E-state index contributed by atoms with van der Waals surface area (Å²) in [6.45, 7) is 9.45. The minimum absolute atomic E-state index is 0.0447. The zero-order valence-corrected chi connectivity index (χ0v) is 17.1. The molecule has 11 heteroatoms. The molecule has 3 rings (SSSR count). The Kier molecular flexibility index (Phi) is 4.51. The Morgan fingerprint density at radius 1 is 1.44 bits per heavy atom. The van der Waals surface area contributed by atoms with Gasteiger partial charge in [-0.05, 0) is 5.04 Å². The van der Waals surface area contributed by atoms with Crippen LogP contribution in [0.1, 0.15) is 27.0 Å². The van der Waals surface area contributed by atoms with Crippen LogP contribution < -0.4 is 11.3 Å². The van der Waals surface area contributed by atoms with Gasteiger partial charge >= 0.3 is 0 Å². The number of imidazole rings is 1. The summed E-state index contributed by atoms with van der Waals surface area (Å²) in [5, 5.41) is 30.7. The number of ether oxygens (including phenoxy) is 1. The number of nitrogens with two attached hydrogens (primary N) is 1. The molecule has 0 unspecified atom stereocenters. The van der Waals surface area contributed by atoms with Crippen LogP contribution in [0.25, 0.3) is 11.2 Å². The number of hydrogen-bond donors (Lipinski definition) is 5. The van der Waals surface area contributed by atoms with Crippen LogP contribution >= 0.6 is 0 Å². The number of nitrogens with zero attached hydrogens (tertiary/aromatic N) is 3. The van der Waals surface area contributed by atoms with Crippen molar-refractivity contribution in [2.24, 2.45) is 0 Å². The van der Waals surface area contributed by atoms with Gasteiger partial charge in [-0.15, -0.1) is 0 Å². The third-order valence-electron chi connectivity index (χ3n) is 6.28. The Hall–Kier alpha value is -1.79. The van der Waals surface area contributed by atoms with Crippen molar-refractivity contribution in [3.05, 3.63) is 16.7 Å². The van der Waals surface area contributed by atoms with E-state index in [2.05, 4.69) is 15.0 Å². The first-order valence-electron chi connectivity index (χ1n) is 8.75. The molecule has 0 bridgehead atoms. The first-order chi connectivity index (χ1) is 12.4.